The molecule has 179 valence electrons. The fourth-order valence-electron chi connectivity index (χ4n) is 4.23. The number of carbonyl (C=O) groups is 1. The van der Waals surface area contributed by atoms with Crippen LogP contribution in [0.3, 0.4) is 0 Å². The normalized spacial score (nSPS) is 13.1. The molecule has 10 heteroatoms. The minimum absolute atomic E-state index is 0. The van der Waals surface area contributed by atoms with Crippen LogP contribution in [-0.2, 0) is 27.8 Å². The fourth-order valence-corrected chi connectivity index (χ4v) is 5.65. The maximum Gasteiger partial charge on any atom is 0.265 e. The molecule has 0 fully saturated rings. The fraction of sp³-hybridized carbons (Fsp3) is 0.192. The zero-order valence-corrected chi connectivity index (χ0v) is 23.1. The van der Waals surface area contributed by atoms with Crippen molar-refractivity contribution in [1.82, 2.24) is 14.8 Å². The van der Waals surface area contributed by atoms with Gasteiger partial charge < -0.3 is 4.90 Å². The van der Waals surface area contributed by atoms with Gasteiger partial charge in [0.2, 0.25) is 5.91 Å². The number of fused-ring (bicyclic) bond motifs is 1. The molecule has 1 radical (unpaired) electrons. The molecule has 36 heavy (non-hydrogen) atoms. The van der Waals surface area contributed by atoms with E-state index in [1.807, 2.05) is 36.4 Å². The van der Waals surface area contributed by atoms with E-state index in [0.717, 1.165) is 16.9 Å². The second-order valence-corrected chi connectivity index (χ2v) is 10.1. The number of hydrogen-bond acceptors (Lipinski definition) is 5. The third-order valence-corrected chi connectivity index (χ3v) is 7.88. The monoisotopic (exact) mass is 510 g/mol. The minimum Gasteiger partial charge on any atom is -0.305 e. The molecular weight excluding hydrogens is 485 g/mol. The Labute approximate surface area is 232 Å². The molecule has 0 saturated heterocycles. The Balaban J connectivity index is 0.00000304. The molecule has 0 saturated carbocycles. The quantitative estimate of drug-likeness (QED) is 0.355. The number of carbonyl (C=O) groups excluding carboxylic acids is 1. The van der Waals surface area contributed by atoms with Crippen molar-refractivity contribution in [1.29, 1.82) is 0 Å². The molecule has 5 rings (SSSR count). The van der Waals surface area contributed by atoms with Gasteiger partial charge in [-0.25, -0.2) is 18.1 Å². The van der Waals surface area contributed by atoms with E-state index in [2.05, 4.69) is 10.1 Å². The van der Waals surface area contributed by atoms with Crippen molar-refractivity contribution in [3.63, 3.8) is 0 Å². The topological polar surface area (TPSA) is 88.4 Å². The van der Waals surface area contributed by atoms with Gasteiger partial charge in [-0.3, -0.25) is 9.10 Å². The Morgan fingerprint density at radius 1 is 0.944 bits per heavy atom. The van der Waals surface area contributed by atoms with Gasteiger partial charge in [0.25, 0.3) is 10.0 Å². The Hall–Kier alpha value is -2.98. The van der Waals surface area contributed by atoms with Gasteiger partial charge in [-0.15, -0.1) is 0 Å². The van der Waals surface area contributed by atoms with Crippen LogP contribution in [0, 0.1) is 0 Å². The summed E-state index contributed by atoms with van der Waals surface area (Å²) in [6.45, 7) is 2.56. The van der Waals surface area contributed by atoms with Gasteiger partial charge in [0.15, 0.2) is 5.82 Å². The molecule has 0 aliphatic carbocycles. The average Bonchev–Trinajstić information content (AvgIpc) is 3.32. The molecule has 1 aliphatic heterocycles. The summed E-state index contributed by atoms with van der Waals surface area (Å²) in [6, 6.07) is 22.0. The zero-order chi connectivity index (χ0) is 24.4. The third-order valence-electron chi connectivity index (χ3n) is 5.99. The van der Waals surface area contributed by atoms with E-state index in [9.17, 15) is 13.2 Å². The van der Waals surface area contributed by atoms with Crippen molar-refractivity contribution >= 4 is 56.9 Å². The van der Waals surface area contributed by atoms with Gasteiger partial charge >= 0.3 is 0 Å². The van der Waals surface area contributed by atoms with Gasteiger partial charge in [-0.05, 0) is 36.8 Å². The summed E-state index contributed by atoms with van der Waals surface area (Å²) in [5.41, 5.74) is 3.21. The molecule has 0 bridgehead atoms. The molecule has 8 nitrogen and oxygen atoms in total. The van der Waals surface area contributed by atoms with E-state index in [-0.39, 0.29) is 40.4 Å². The summed E-state index contributed by atoms with van der Waals surface area (Å²) < 4.78 is 29.4. The summed E-state index contributed by atoms with van der Waals surface area (Å²) in [5.74, 6) is 0.532. The van der Waals surface area contributed by atoms with Crippen molar-refractivity contribution in [2.24, 2.45) is 0 Å². The molecule has 2 aromatic heterocycles. The van der Waals surface area contributed by atoms with E-state index in [4.69, 9.17) is 0 Å². The van der Waals surface area contributed by atoms with Crippen molar-refractivity contribution in [3.8, 4) is 5.82 Å². The first kappa shape index (κ1) is 26.1. The van der Waals surface area contributed by atoms with Crippen molar-refractivity contribution < 1.29 is 13.2 Å². The number of aromatic nitrogens is 3. The summed E-state index contributed by atoms with van der Waals surface area (Å²) in [5, 5.41) is 4.64. The van der Waals surface area contributed by atoms with E-state index in [1.165, 1.54) is 16.6 Å². The predicted octanol–water partition coefficient (Wildman–Crippen LogP) is 3.58. The van der Waals surface area contributed by atoms with Gasteiger partial charge in [0, 0.05) is 55.1 Å². The number of para-hydroxylation sites is 1. The number of pyridine rings is 1. The smallest absolute Gasteiger partial charge is 0.265 e. The molecule has 1 amide bonds. The number of aryl methyl sites for hydroxylation is 1. The molecule has 1 aliphatic rings. The number of nitrogens with zero attached hydrogens (tertiary/aromatic N) is 5. The number of anilines is 2. The van der Waals surface area contributed by atoms with Crippen LogP contribution in [-0.4, -0.2) is 65.2 Å². The first-order valence-electron chi connectivity index (χ1n) is 11.4. The molecule has 4 aromatic rings. The van der Waals surface area contributed by atoms with E-state index in [0.29, 0.717) is 37.4 Å². The summed E-state index contributed by atoms with van der Waals surface area (Å²) in [6.07, 6.45) is 4.09. The van der Waals surface area contributed by atoms with Gasteiger partial charge in [0.05, 0.1) is 29.8 Å². The maximum atomic E-state index is 13.2. The van der Waals surface area contributed by atoms with Crippen molar-refractivity contribution in [2.75, 3.05) is 15.7 Å². The van der Waals surface area contributed by atoms with E-state index in [1.54, 1.807) is 53.0 Å². The van der Waals surface area contributed by atoms with Crippen LogP contribution in [0.5, 0.6) is 0 Å². The van der Waals surface area contributed by atoms with Crippen LogP contribution in [0.25, 0.3) is 5.82 Å². The minimum atomic E-state index is -3.77. The molecule has 2 aromatic carbocycles. The zero-order valence-electron chi connectivity index (χ0n) is 20.3. The summed E-state index contributed by atoms with van der Waals surface area (Å²) in [4.78, 5) is 18.9. The molecular formula is C26H25N5NaO3S. The average molecular weight is 511 g/mol. The number of benzene rings is 2. The summed E-state index contributed by atoms with van der Waals surface area (Å²) in [7, 11) is -3.77. The molecule has 0 spiro atoms. The first-order valence-corrected chi connectivity index (χ1v) is 12.9. The van der Waals surface area contributed by atoms with Crippen LogP contribution in [0.1, 0.15) is 24.6 Å². The number of amides is 1. The molecule has 3 heterocycles. The standard InChI is InChI=1S/C26H25N5O3S.Na/c1-2-31(21-11-7-4-8-12-21)35(33,34)22-13-15-25(27-17-22)30-19-24-23(28-30)14-16-26(32)29(24)18-20-9-5-3-6-10-20;/h3-13,15,17,19H,2,14,16,18H2,1H3;. The number of hydrogen-bond donors (Lipinski definition) is 0. The van der Waals surface area contributed by atoms with Crippen LogP contribution in [0.15, 0.2) is 90.1 Å². The second-order valence-electron chi connectivity index (χ2n) is 8.23. The maximum absolute atomic E-state index is 13.2. The van der Waals surface area contributed by atoms with Crippen molar-refractivity contribution in [3.05, 3.63) is 96.4 Å². The predicted molar refractivity (Wildman–Crippen MR) is 140 cm³/mol. The second kappa shape index (κ2) is 11.0. The molecule has 0 atom stereocenters. The van der Waals surface area contributed by atoms with Crippen LogP contribution < -0.4 is 9.21 Å². The first-order chi connectivity index (χ1) is 17.0. The largest absolute Gasteiger partial charge is 0.305 e. The van der Waals surface area contributed by atoms with E-state index < -0.39 is 10.0 Å². The summed E-state index contributed by atoms with van der Waals surface area (Å²) >= 11 is 0. The Morgan fingerprint density at radius 3 is 2.28 bits per heavy atom. The van der Waals surface area contributed by atoms with Gasteiger partial charge in [-0.2, -0.15) is 5.10 Å². The van der Waals surface area contributed by atoms with Crippen LogP contribution >= 0.6 is 0 Å². The molecule has 0 N–H and O–H groups in total. The van der Waals surface area contributed by atoms with Gasteiger partial charge in [-0.1, -0.05) is 48.5 Å². The molecule has 0 unspecified atom stereocenters. The van der Waals surface area contributed by atoms with Crippen LogP contribution in [0.4, 0.5) is 11.4 Å². The number of sulfonamides is 1. The number of rotatable bonds is 7. The Bertz CT molecular complexity index is 1440. The van der Waals surface area contributed by atoms with Gasteiger partial charge in [0.1, 0.15) is 4.90 Å². The Morgan fingerprint density at radius 2 is 1.64 bits per heavy atom. The van der Waals surface area contributed by atoms with Crippen molar-refractivity contribution in [2.45, 2.75) is 31.2 Å². The van der Waals surface area contributed by atoms with E-state index >= 15 is 0 Å². The van der Waals surface area contributed by atoms with Crippen LogP contribution in [0.2, 0.25) is 0 Å². The third kappa shape index (κ3) is 5.10. The Kier molecular flexibility index (Phi) is 7.94. The SMILES string of the molecule is CCN(c1ccccc1)S(=O)(=O)c1ccc(-n2cc3c(n2)CCC(=O)N3Cc2ccccc2)nc1.[Na].